The van der Waals surface area contributed by atoms with Crippen molar-refractivity contribution in [2.45, 2.75) is 40.0 Å². The number of benzene rings is 1. The summed E-state index contributed by atoms with van der Waals surface area (Å²) in [5.41, 5.74) is 4.72. The normalized spacial score (nSPS) is 10.5. The Morgan fingerprint density at radius 3 is 2.00 bits per heavy atom. The number of rotatable bonds is 3. The molecule has 0 atom stereocenters. The van der Waals surface area contributed by atoms with Gasteiger partial charge in [0.15, 0.2) is 0 Å². The van der Waals surface area contributed by atoms with Crippen LogP contribution in [0.25, 0.3) is 0 Å². The molecule has 0 aliphatic heterocycles. The Hall–Kier alpha value is -0.563. The van der Waals surface area contributed by atoms with Crippen LogP contribution in [0.3, 0.4) is 0 Å². The first-order chi connectivity index (χ1) is 6.24. The summed E-state index contributed by atoms with van der Waals surface area (Å²) in [5.74, 6) is 0. The molecule has 0 saturated heterocycles. The zero-order valence-corrected chi connectivity index (χ0v) is 10.4. The van der Waals surface area contributed by atoms with Crippen molar-refractivity contribution in [2.24, 2.45) is 0 Å². The molecular formula is C12H19Si. The van der Waals surface area contributed by atoms with E-state index in [1.807, 2.05) is 10.2 Å². The molecule has 0 spiro atoms. The van der Waals surface area contributed by atoms with E-state index in [4.69, 9.17) is 0 Å². The van der Waals surface area contributed by atoms with Crippen molar-refractivity contribution in [3.05, 3.63) is 28.8 Å². The van der Waals surface area contributed by atoms with Gasteiger partial charge in [-0.3, -0.25) is 0 Å². The van der Waals surface area contributed by atoms with E-state index in [1.165, 1.54) is 30.0 Å². The Morgan fingerprint density at radius 2 is 1.54 bits per heavy atom. The molecule has 1 rings (SSSR count). The van der Waals surface area contributed by atoms with Crippen LogP contribution in [0.5, 0.6) is 0 Å². The van der Waals surface area contributed by atoms with E-state index in [2.05, 4.69) is 32.9 Å². The van der Waals surface area contributed by atoms with Crippen molar-refractivity contribution in [2.75, 3.05) is 0 Å². The first-order valence-electron chi connectivity index (χ1n) is 5.20. The Morgan fingerprint density at radius 1 is 0.923 bits per heavy atom. The molecule has 0 amide bonds. The van der Waals surface area contributed by atoms with Crippen molar-refractivity contribution in [3.63, 3.8) is 0 Å². The Bertz CT molecular complexity index is 289. The van der Waals surface area contributed by atoms with Crippen molar-refractivity contribution in [3.8, 4) is 0 Å². The van der Waals surface area contributed by atoms with Gasteiger partial charge in [0.2, 0.25) is 0 Å². The average Bonchev–Trinajstić information content (AvgIpc) is 2.17. The van der Waals surface area contributed by atoms with E-state index in [0.717, 1.165) is 0 Å². The summed E-state index contributed by atoms with van der Waals surface area (Å²) in [7, 11) is 2.01. The summed E-state index contributed by atoms with van der Waals surface area (Å²) in [6, 6.07) is 4.57. The van der Waals surface area contributed by atoms with E-state index in [9.17, 15) is 0 Å². The smallest absolute Gasteiger partial charge is 0.0481 e. The van der Waals surface area contributed by atoms with Gasteiger partial charge in [0.25, 0.3) is 0 Å². The third kappa shape index (κ3) is 2.02. The minimum Gasteiger partial charge on any atom is -0.0663 e. The number of hydrogen-bond donors (Lipinski definition) is 0. The predicted molar refractivity (Wildman–Crippen MR) is 62.8 cm³/mol. The van der Waals surface area contributed by atoms with Gasteiger partial charge < -0.3 is 0 Å². The summed E-state index contributed by atoms with van der Waals surface area (Å²) in [6.07, 6.45) is 3.52. The van der Waals surface area contributed by atoms with Gasteiger partial charge in [-0.25, -0.2) is 0 Å². The van der Waals surface area contributed by atoms with Crippen molar-refractivity contribution in [1.82, 2.24) is 0 Å². The maximum atomic E-state index is 2.29. The second-order valence-electron chi connectivity index (χ2n) is 3.40. The van der Waals surface area contributed by atoms with Gasteiger partial charge in [-0.05, 0) is 36.0 Å². The van der Waals surface area contributed by atoms with Crippen LogP contribution < -0.4 is 5.19 Å². The monoisotopic (exact) mass is 191 g/mol. The number of hydrogen-bond acceptors (Lipinski definition) is 0. The van der Waals surface area contributed by atoms with E-state index < -0.39 is 0 Å². The largest absolute Gasteiger partial charge is 0.0663 e. The quantitative estimate of drug-likeness (QED) is 0.637. The van der Waals surface area contributed by atoms with Crippen LogP contribution in [0, 0.1) is 0 Å². The second-order valence-corrected chi connectivity index (χ2v) is 4.16. The van der Waals surface area contributed by atoms with Crippen LogP contribution in [0.1, 0.15) is 37.5 Å². The Labute approximate surface area is 84.8 Å². The van der Waals surface area contributed by atoms with Gasteiger partial charge in [-0.15, -0.1) is 0 Å². The molecule has 1 aromatic rings. The Kier molecular flexibility index (Phi) is 3.73. The average molecular weight is 191 g/mol. The van der Waals surface area contributed by atoms with Gasteiger partial charge in [0, 0.05) is 10.2 Å². The molecule has 0 N–H and O–H groups in total. The molecule has 13 heavy (non-hydrogen) atoms. The molecular weight excluding hydrogens is 172 g/mol. The fraction of sp³-hybridized carbons (Fsp3) is 0.500. The van der Waals surface area contributed by atoms with Crippen LogP contribution in [0.4, 0.5) is 0 Å². The van der Waals surface area contributed by atoms with Gasteiger partial charge in [-0.1, -0.05) is 38.1 Å². The highest BCUT2D eigenvalue weighted by Crippen LogP contribution is 2.14. The summed E-state index contributed by atoms with van der Waals surface area (Å²) < 4.78 is 0. The molecule has 0 heterocycles. The zero-order valence-electron chi connectivity index (χ0n) is 8.98. The molecule has 0 aliphatic rings. The molecule has 71 valence electrons. The lowest BCUT2D eigenvalue weighted by molar-refractivity contribution is 0.988. The molecule has 1 radical (unpaired) electrons. The highest BCUT2D eigenvalue weighted by molar-refractivity contribution is 6.33. The van der Waals surface area contributed by atoms with Crippen molar-refractivity contribution >= 4 is 15.4 Å². The van der Waals surface area contributed by atoms with E-state index in [-0.39, 0.29) is 0 Å². The van der Waals surface area contributed by atoms with Gasteiger partial charge in [0.1, 0.15) is 0 Å². The standard InChI is InChI=1S/C12H19Si/c1-4-9-7-8-12(13)11(6-3)10(9)5-2/h7-8H,4-6,13H2,1-3H3. The van der Waals surface area contributed by atoms with Crippen LogP contribution in [0.2, 0.25) is 0 Å². The third-order valence-electron chi connectivity index (χ3n) is 2.71. The lowest BCUT2D eigenvalue weighted by Crippen LogP contribution is -2.14. The molecule has 0 saturated carbocycles. The van der Waals surface area contributed by atoms with Crippen molar-refractivity contribution < 1.29 is 0 Å². The molecule has 0 bridgehead atoms. The zero-order chi connectivity index (χ0) is 9.84. The fourth-order valence-electron chi connectivity index (χ4n) is 2.00. The molecule has 0 aromatic heterocycles. The minimum absolute atomic E-state index is 1.17. The van der Waals surface area contributed by atoms with Crippen LogP contribution in [-0.2, 0) is 19.3 Å². The maximum absolute atomic E-state index is 2.29. The SMILES string of the molecule is CCc1ccc([SiH2])c(CC)c1CC. The third-order valence-corrected chi connectivity index (χ3v) is 3.38. The molecule has 0 unspecified atom stereocenters. The molecule has 0 fully saturated rings. The van der Waals surface area contributed by atoms with Gasteiger partial charge >= 0.3 is 0 Å². The minimum atomic E-state index is 1.17. The first-order valence-corrected chi connectivity index (χ1v) is 5.90. The van der Waals surface area contributed by atoms with Crippen LogP contribution in [0.15, 0.2) is 12.1 Å². The van der Waals surface area contributed by atoms with E-state index >= 15 is 0 Å². The van der Waals surface area contributed by atoms with E-state index in [1.54, 1.807) is 11.1 Å². The highest BCUT2D eigenvalue weighted by atomic mass is 28.1. The second kappa shape index (κ2) is 4.61. The van der Waals surface area contributed by atoms with Gasteiger partial charge in [0.05, 0.1) is 0 Å². The molecule has 0 nitrogen and oxygen atoms in total. The lowest BCUT2D eigenvalue weighted by atomic mass is 9.95. The van der Waals surface area contributed by atoms with Crippen LogP contribution >= 0.6 is 0 Å². The topological polar surface area (TPSA) is 0 Å². The lowest BCUT2D eigenvalue weighted by Gasteiger charge is -2.14. The van der Waals surface area contributed by atoms with Crippen molar-refractivity contribution in [1.29, 1.82) is 0 Å². The highest BCUT2D eigenvalue weighted by Gasteiger charge is 2.06. The number of aryl methyl sites for hydroxylation is 1. The first kappa shape index (κ1) is 10.5. The maximum Gasteiger partial charge on any atom is 0.0481 e. The van der Waals surface area contributed by atoms with Crippen LogP contribution in [-0.4, -0.2) is 10.2 Å². The summed E-state index contributed by atoms with van der Waals surface area (Å²) in [6.45, 7) is 6.76. The fourth-order valence-corrected chi connectivity index (χ4v) is 2.58. The predicted octanol–water partition coefficient (Wildman–Crippen LogP) is 1.63. The van der Waals surface area contributed by atoms with E-state index in [0.29, 0.717) is 0 Å². The Balaban J connectivity index is 3.27. The molecule has 1 aromatic carbocycles. The summed E-state index contributed by atoms with van der Waals surface area (Å²) >= 11 is 0. The summed E-state index contributed by atoms with van der Waals surface area (Å²) in [4.78, 5) is 0. The van der Waals surface area contributed by atoms with Gasteiger partial charge in [-0.2, -0.15) is 0 Å². The summed E-state index contributed by atoms with van der Waals surface area (Å²) in [5, 5.41) is 1.48. The molecule has 1 heteroatoms. The molecule has 0 aliphatic carbocycles.